The van der Waals surface area contributed by atoms with Crippen LogP contribution < -0.4 is 10.6 Å². The molecule has 6 nitrogen and oxygen atoms in total. The Hall–Kier alpha value is -1.73. The molecule has 0 aliphatic heterocycles. The van der Waals surface area contributed by atoms with Crippen molar-refractivity contribution in [2.45, 2.75) is 34.6 Å². The highest BCUT2D eigenvalue weighted by atomic mass is 32.1. The maximum absolute atomic E-state index is 12.1. The fourth-order valence-corrected chi connectivity index (χ4v) is 3.68. The van der Waals surface area contributed by atoms with Crippen molar-refractivity contribution in [3.8, 4) is 0 Å². The van der Waals surface area contributed by atoms with Crippen molar-refractivity contribution >= 4 is 33.3 Å². The first-order valence-corrected chi connectivity index (χ1v) is 9.25. The Bertz CT molecular complexity index is 709. The van der Waals surface area contributed by atoms with Gasteiger partial charge >= 0.3 is 0 Å². The van der Waals surface area contributed by atoms with E-state index in [1.165, 1.54) is 10.4 Å². The van der Waals surface area contributed by atoms with Gasteiger partial charge in [0.05, 0.1) is 11.9 Å². The van der Waals surface area contributed by atoms with Gasteiger partial charge in [0.1, 0.15) is 16.5 Å². The van der Waals surface area contributed by atoms with E-state index in [1.54, 1.807) is 11.3 Å². The van der Waals surface area contributed by atoms with Gasteiger partial charge in [-0.1, -0.05) is 13.8 Å². The summed E-state index contributed by atoms with van der Waals surface area (Å²) in [5.41, 5.74) is 1.18. The number of fused-ring (bicyclic) bond motifs is 1. The summed E-state index contributed by atoms with van der Waals surface area (Å²) in [7, 11) is 0. The number of carbonyl (C=O) groups excluding carboxylic acids is 1. The minimum Gasteiger partial charge on any atom is -0.360 e. The summed E-state index contributed by atoms with van der Waals surface area (Å²) in [6.07, 6.45) is 0. The van der Waals surface area contributed by atoms with Gasteiger partial charge in [-0.3, -0.25) is 4.79 Å². The summed E-state index contributed by atoms with van der Waals surface area (Å²) < 4.78 is 0. The fourth-order valence-electron chi connectivity index (χ4n) is 2.60. The van der Waals surface area contributed by atoms with E-state index in [9.17, 15) is 4.79 Å². The number of hydrogen-bond donors (Lipinski definition) is 2. The molecule has 0 aliphatic carbocycles. The van der Waals surface area contributed by atoms with E-state index in [0.717, 1.165) is 35.7 Å². The van der Waals surface area contributed by atoms with Crippen LogP contribution in [0.3, 0.4) is 0 Å². The zero-order valence-corrected chi connectivity index (χ0v) is 16.0. The molecular weight excluding hydrogens is 322 g/mol. The highest BCUT2D eigenvalue weighted by Gasteiger charge is 2.14. The number of hydrogen-bond acceptors (Lipinski definition) is 6. The number of likely N-dealkylation sites (N-methyl/N-ethyl adjacent to an activating group) is 1. The third-order valence-electron chi connectivity index (χ3n) is 4.20. The molecule has 2 rings (SSSR count). The van der Waals surface area contributed by atoms with E-state index in [-0.39, 0.29) is 12.5 Å². The van der Waals surface area contributed by atoms with Gasteiger partial charge in [-0.25, -0.2) is 9.97 Å². The second-order valence-electron chi connectivity index (χ2n) is 5.81. The van der Waals surface area contributed by atoms with Crippen LogP contribution >= 0.6 is 11.3 Å². The molecule has 2 aromatic rings. The largest absolute Gasteiger partial charge is 0.360 e. The molecule has 2 aromatic heterocycles. The maximum Gasteiger partial charge on any atom is 0.239 e. The Kier molecular flexibility index (Phi) is 6.51. The number of aromatic nitrogens is 2. The lowest BCUT2D eigenvalue weighted by Gasteiger charge is -2.18. The molecule has 0 atom stereocenters. The predicted molar refractivity (Wildman–Crippen MR) is 101 cm³/mol. The zero-order valence-electron chi connectivity index (χ0n) is 15.2. The molecule has 7 heteroatoms. The highest BCUT2D eigenvalue weighted by Crippen LogP contribution is 2.32. The Morgan fingerprint density at radius 1 is 1.17 bits per heavy atom. The van der Waals surface area contributed by atoms with Gasteiger partial charge in [-0.2, -0.15) is 0 Å². The molecule has 1 amide bonds. The number of rotatable bonds is 8. The molecule has 0 aromatic carbocycles. The highest BCUT2D eigenvalue weighted by molar-refractivity contribution is 7.18. The first-order valence-electron chi connectivity index (χ1n) is 8.43. The van der Waals surface area contributed by atoms with E-state index in [4.69, 9.17) is 0 Å². The first-order chi connectivity index (χ1) is 11.5. The summed E-state index contributed by atoms with van der Waals surface area (Å²) in [6.45, 7) is 14.0. The lowest BCUT2D eigenvalue weighted by atomic mass is 10.2. The van der Waals surface area contributed by atoms with Crippen molar-refractivity contribution in [3.05, 3.63) is 16.3 Å². The Labute approximate surface area is 147 Å². The van der Waals surface area contributed by atoms with Crippen LogP contribution in [0.25, 0.3) is 10.2 Å². The van der Waals surface area contributed by atoms with Crippen molar-refractivity contribution in [1.29, 1.82) is 0 Å². The molecule has 0 fully saturated rings. The number of amides is 1. The molecule has 2 heterocycles. The standard InChI is InChI=1S/C17H27N5OS/c1-6-22(7-2)9-8-18-14(23)10-19-16-15-11(3)12(4)24-17(15)21-13(5)20-16/h6-10H2,1-5H3,(H,18,23)(H,19,20,21). The Balaban J connectivity index is 1.97. The van der Waals surface area contributed by atoms with Crippen molar-refractivity contribution < 1.29 is 4.79 Å². The Morgan fingerprint density at radius 3 is 2.54 bits per heavy atom. The van der Waals surface area contributed by atoms with Gasteiger partial charge in [0.25, 0.3) is 0 Å². The van der Waals surface area contributed by atoms with E-state index < -0.39 is 0 Å². The second-order valence-corrected chi connectivity index (χ2v) is 7.02. The molecule has 0 radical (unpaired) electrons. The smallest absolute Gasteiger partial charge is 0.239 e. The van der Waals surface area contributed by atoms with Crippen LogP contribution in [-0.4, -0.2) is 53.5 Å². The van der Waals surface area contributed by atoms with Gasteiger partial charge in [-0.05, 0) is 39.4 Å². The number of anilines is 1. The summed E-state index contributed by atoms with van der Waals surface area (Å²) >= 11 is 1.67. The predicted octanol–water partition coefficient (Wildman–Crippen LogP) is 2.49. The molecule has 132 valence electrons. The van der Waals surface area contributed by atoms with Crippen LogP contribution in [0.1, 0.15) is 30.1 Å². The molecule has 0 spiro atoms. The van der Waals surface area contributed by atoms with Crippen molar-refractivity contribution in [2.75, 3.05) is 38.0 Å². The average Bonchev–Trinajstić information content (AvgIpc) is 2.83. The molecule has 0 unspecified atom stereocenters. The van der Waals surface area contributed by atoms with Crippen LogP contribution in [-0.2, 0) is 4.79 Å². The molecule has 2 N–H and O–H groups in total. The van der Waals surface area contributed by atoms with E-state index >= 15 is 0 Å². The molecule has 0 aliphatic rings. The number of thiophene rings is 1. The number of carbonyl (C=O) groups is 1. The lowest BCUT2D eigenvalue weighted by Crippen LogP contribution is -2.37. The molecular formula is C17H27N5OS. The topological polar surface area (TPSA) is 70.2 Å². The van der Waals surface area contributed by atoms with E-state index in [0.29, 0.717) is 12.4 Å². The summed E-state index contributed by atoms with van der Waals surface area (Å²) in [6, 6.07) is 0. The third-order valence-corrected chi connectivity index (χ3v) is 5.30. The molecule has 0 saturated heterocycles. The monoisotopic (exact) mass is 349 g/mol. The normalized spacial score (nSPS) is 11.2. The van der Waals surface area contributed by atoms with Gasteiger partial charge < -0.3 is 15.5 Å². The molecule has 0 saturated carbocycles. The summed E-state index contributed by atoms with van der Waals surface area (Å²) in [4.78, 5) is 25.5. The number of nitrogens with one attached hydrogen (secondary N) is 2. The number of aryl methyl sites for hydroxylation is 3. The van der Waals surface area contributed by atoms with Crippen molar-refractivity contribution in [2.24, 2.45) is 0 Å². The second kappa shape index (κ2) is 8.39. The van der Waals surface area contributed by atoms with Gasteiger partial charge in [0, 0.05) is 18.0 Å². The molecule has 24 heavy (non-hydrogen) atoms. The number of nitrogens with zero attached hydrogens (tertiary/aromatic N) is 3. The first kappa shape index (κ1) is 18.6. The minimum absolute atomic E-state index is 0.0174. The fraction of sp³-hybridized carbons (Fsp3) is 0.588. The van der Waals surface area contributed by atoms with Crippen LogP contribution in [0.2, 0.25) is 0 Å². The quantitative estimate of drug-likeness (QED) is 0.766. The van der Waals surface area contributed by atoms with Crippen LogP contribution in [0.15, 0.2) is 0 Å². The summed E-state index contributed by atoms with van der Waals surface area (Å²) in [5.74, 6) is 1.45. The third kappa shape index (κ3) is 4.42. The van der Waals surface area contributed by atoms with Crippen LogP contribution in [0.4, 0.5) is 5.82 Å². The Morgan fingerprint density at radius 2 is 1.88 bits per heavy atom. The zero-order chi connectivity index (χ0) is 17.7. The SMILES string of the molecule is CCN(CC)CCNC(=O)CNc1nc(C)nc2sc(C)c(C)c12. The maximum atomic E-state index is 12.1. The van der Waals surface area contributed by atoms with Gasteiger partial charge in [0.2, 0.25) is 5.91 Å². The average molecular weight is 350 g/mol. The van der Waals surface area contributed by atoms with Crippen LogP contribution in [0, 0.1) is 20.8 Å². The van der Waals surface area contributed by atoms with Gasteiger partial charge in [0.15, 0.2) is 0 Å². The van der Waals surface area contributed by atoms with E-state index in [2.05, 4.69) is 53.2 Å². The van der Waals surface area contributed by atoms with E-state index in [1.807, 2.05) is 6.92 Å². The minimum atomic E-state index is -0.0174. The van der Waals surface area contributed by atoms with Crippen molar-refractivity contribution in [3.63, 3.8) is 0 Å². The van der Waals surface area contributed by atoms with Crippen molar-refractivity contribution in [1.82, 2.24) is 20.2 Å². The summed E-state index contributed by atoms with van der Waals surface area (Å²) in [5, 5.41) is 7.16. The van der Waals surface area contributed by atoms with Gasteiger partial charge in [-0.15, -0.1) is 11.3 Å². The molecule has 0 bridgehead atoms. The lowest BCUT2D eigenvalue weighted by molar-refractivity contribution is -0.119. The van der Waals surface area contributed by atoms with Crippen LogP contribution in [0.5, 0.6) is 0 Å².